The summed E-state index contributed by atoms with van der Waals surface area (Å²) in [6.07, 6.45) is 5.86. The molecule has 0 spiro atoms. The number of anilines is 3. The Hall–Kier alpha value is -4.82. The fourth-order valence-electron chi connectivity index (χ4n) is 9.81. The largest absolute Gasteiger partial charge is 0.310 e. The number of fused-ring (bicyclic) bond motifs is 6. The monoisotopic (exact) mass is 580 g/mol. The van der Waals surface area contributed by atoms with Gasteiger partial charge in [-0.05, 0) is 115 Å². The van der Waals surface area contributed by atoms with Crippen LogP contribution >= 0.6 is 0 Å². The van der Waals surface area contributed by atoms with Gasteiger partial charge in [0.2, 0.25) is 0 Å². The van der Waals surface area contributed by atoms with Crippen molar-refractivity contribution in [2.75, 3.05) is 4.90 Å². The van der Waals surface area contributed by atoms with Crippen molar-refractivity contribution in [1.82, 2.24) is 4.57 Å². The van der Waals surface area contributed by atoms with Crippen LogP contribution in [0.2, 0.25) is 0 Å². The third-order valence-electron chi connectivity index (χ3n) is 11.6. The van der Waals surface area contributed by atoms with E-state index in [2.05, 4.69) is 149 Å². The van der Waals surface area contributed by atoms with Crippen LogP contribution in [-0.2, 0) is 0 Å². The topological polar surface area (TPSA) is 8.17 Å². The maximum absolute atomic E-state index is 2.48. The molecule has 5 atom stereocenters. The second-order valence-corrected chi connectivity index (χ2v) is 13.7. The summed E-state index contributed by atoms with van der Waals surface area (Å²) in [6, 6.07) is 51.7. The normalized spacial score (nSPS) is 23.4. The smallest absolute Gasteiger partial charge is 0.0568 e. The highest BCUT2D eigenvalue weighted by Crippen LogP contribution is 2.66. The number of nitrogens with zero attached hydrogens (tertiary/aromatic N) is 2. The Labute approximate surface area is 264 Å². The minimum Gasteiger partial charge on any atom is -0.310 e. The van der Waals surface area contributed by atoms with E-state index in [0.717, 1.165) is 29.6 Å². The lowest BCUT2D eigenvalue weighted by molar-refractivity contribution is 0.0654. The molecule has 2 nitrogen and oxygen atoms in total. The molecule has 0 amide bonds. The van der Waals surface area contributed by atoms with Gasteiger partial charge in [0.15, 0.2) is 0 Å². The standard InChI is InChI=1S/C43H36N2/c1-3-11-32(12-4-1)44(34-23-21-28(22-24-34)41-29-19-20-30-26-31(25-29)42(30)41)39-27-40-43(36-16-8-7-15-35(36)39)37-17-9-10-18-38(37)45(40)33-13-5-2-6-14-33/h1-18,21-24,27,29-31,41-42H,19-20,25-26H2/t29?,30?,31?,41?,42-/m0/s1. The summed E-state index contributed by atoms with van der Waals surface area (Å²) in [5.41, 5.74) is 8.81. The molecule has 6 aromatic carbocycles. The molecule has 2 bridgehead atoms. The van der Waals surface area contributed by atoms with E-state index in [4.69, 9.17) is 0 Å². The van der Waals surface area contributed by atoms with Crippen molar-refractivity contribution in [2.45, 2.75) is 31.6 Å². The molecule has 0 aliphatic heterocycles. The number of aromatic nitrogens is 1. The zero-order valence-electron chi connectivity index (χ0n) is 25.4. The first-order chi connectivity index (χ1) is 22.3. The number of benzene rings is 6. The van der Waals surface area contributed by atoms with E-state index in [1.807, 2.05) is 0 Å². The van der Waals surface area contributed by atoms with Crippen LogP contribution < -0.4 is 4.90 Å². The van der Waals surface area contributed by atoms with Gasteiger partial charge in [-0.2, -0.15) is 0 Å². The molecule has 3 fully saturated rings. The van der Waals surface area contributed by atoms with Crippen molar-refractivity contribution in [1.29, 1.82) is 0 Å². The molecule has 1 aromatic heterocycles. The zero-order valence-corrected chi connectivity index (χ0v) is 25.4. The maximum Gasteiger partial charge on any atom is 0.0568 e. The molecule has 1 heterocycles. The summed E-state index contributed by atoms with van der Waals surface area (Å²) < 4.78 is 2.44. The molecule has 45 heavy (non-hydrogen) atoms. The maximum atomic E-state index is 2.48. The van der Waals surface area contributed by atoms with Crippen LogP contribution in [0.3, 0.4) is 0 Å². The van der Waals surface area contributed by atoms with Gasteiger partial charge in [-0.1, -0.05) is 91.0 Å². The Morgan fingerprint density at radius 3 is 1.93 bits per heavy atom. The van der Waals surface area contributed by atoms with Crippen LogP contribution in [0.1, 0.15) is 37.2 Å². The molecule has 4 unspecified atom stereocenters. The van der Waals surface area contributed by atoms with E-state index >= 15 is 0 Å². The van der Waals surface area contributed by atoms with Gasteiger partial charge in [0.1, 0.15) is 0 Å². The van der Waals surface area contributed by atoms with Crippen molar-refractivity contribution in [3.05, 3.63) is 145 Å². The molecule has 2 heteroatoms. The highest BCUT2D eigenvalue weighted by atomic mass is 15.1. The van der Waals surface area contributed by atoms with Gasteiger partial charge in [-0.15, -0.1) is 0 Å². The van der Waals surface area contributed by atoms with E-state index in [-0.39, 0.29) is 0 Å². The number of para-hydroxylation sites is 3. The first-order valence-electron chi connectivity index (χ1n) is 16.8. The number of rotatable bonds is 5. The third kappa shape index (κ3) is 3.75. The average molecular weight is 581 g/mol. The van der Waals surface area contributed by atoms with Crippen LogP contribution in [0.25, 0.3) is 38.3 Å². The van der Waals surface area contributed by atoms with Gasteiger partial charge >= 0.3 is 0 Å². The van der Waals surface area contributed by atoms with Crippen LogP contribution in [0.15, 0.2) is 140 Å². The molecule has 0 radical (unpaired) electrons. The van der Waals surface area contributed by atoms with E-state index in [0.29, 0.717) is 0 Å². The van der Waals surface area contributed by atoms with Crippen LogP contribution in [-0.4, -0.2) is 4.57 Å². The van der Waals surface area contributed by atoms with Crippen molar-refractivity contribution in [2.24, 2.45) is 23.7 Å². The minimum absolute atomic E-state index is 0.764. The van der Waals surface area contributed by atoms with Crippen molar-refractivity contribution in [3.63, 3.8) is 0 Å². The van der Waals surface area contributed by atoms with Crippen molar-refractivity contribution >= 4 is 49.6 Å². The van der Waals surface area contributed by atoms with Crippen LogP contribution in [0.4, 0.5) is 17.1 Å². The first-order valence-corrected chi connectivity index (χ1v) is 16.8. The molecule has 3 aliphatic carbocycles. The van der Waals surface area contributed by atoms with Crippen molar-refractivity contribution < 1.29 is 0 Å². The van der Waals surface area contributed by atoms with E-state index in [9.17, 15) is 0 Å². The summed E-state index contributed by atoms with van der Waals surface area (Å²) >= 11 is 0. The third-order valence-corrected chi connectivity index (χ3v) is 11.6. The minimum atomic E-state index is 0.764. The Kier molecular flexibility index (Phi) is 5.58. The summed E-state index contributed by atoms with van der Waals surface area (Å²) in [7, 11) is 0. The van der Waals surface area contributed by atoms with Crippen molar-refractivity contribution in [3.8, 4) is 5.69 Å². The van der Waals surface area contributed by atoms with Crippen LogP contribution in [0.5, 0.6) is 0 Å². The predicted octanol–water partition coefficient (Wildman–Crippen LogP) is 11.6. The summed E-state index contributed by atoms with van der Waals surface area (Å²) in [5, 5.41) is 5.14. The lowest BCUT2D eigenvalue weighted by Gasteiger charge is -2.46. The van der Waals surface area contributed by atoms with Gasteiger partial charge < -0.3 is 9.47 Å². The quantitative estimate of drug-likeness (QED) is 0.197. The zero-order chi connectivity index (χ0) is 29.5. The highest BCUT2D eigenvalue weighted by Gasteiger charge is 2.56. The summed E-state index contributed by atoms with van der Waals surface area (Å²) in [6.45, 7) is 0. The molecule has 7 aromatic rings. The fraction of sp³-hybridized carbons (Fsp3) is 0.209. The van der Waals surface area contributed by atoms with Gasteiger partial charge in [0.05, 0.1) is 16.7 Å². The van der Waals surface area contributed by atoms with E-state index in [1.54, 1.807) is 5.56 Å². The van der Waals surface area contributed by atoms with Gasteiger partial charge in [0.25, 0.3) is 0 Å². The fourth-order valence-corrected chi connectivity index (χ4v) is 9.81. The Bertz CT molecular complexity index is 2190. The molecular weight excluding hydrogens is 544 g/mol. The Morgan fingerprint density at radius 1 is 0.511 bits per heavy atom. The molecule has 3 aliphatic rings. The molecule has 10 rings (SSSR count). The Balaban J connectivity index is 1.20. The first kappa shape index (κ1) is 25.5. The lowest BCUT2D eigenvalue weighted by atomic mass is 9.58. The summed E-state index contributed by atoms with van der Waals surface area (Å²) in [4.78, 5) is 2.48. The van der Waals surface area contributed by atoms with Gasteiger partial charge in [-0.25, -0.2) is 0 Å². The second-order valence-electron chi connectivity index (χ2n) is 13.7. The van der Waals surface area contributed by atoms with Crippen LogP contribution in [0, 0.1) is 23.7 Å². The Morgan fingerprint density at radius 2 is 1.13 bits per heavy atom. The van der Waals surface area contributed by atoms with E-state index < -0.39 is 0 Å². The van der Waals surface area contributed by atoms with E-state index in [1.165, 1.54) is 81.0 Å². The number of hydrogen-bond donors (Lipinski definition) is 0. The van der Waals surface area contributed by atoms with Gasteiger partial charge in [0, 0.05) is 33.2 Å². The molecule has 0 saturated heterocycles. The molecule has 218 valence electrons. The van der Waals surface area contributed by atoms with Gasteiger partial charge in [-0.3, -0.25) is 0 Å². The molecule has 0 N–H and O–H groups in total. The highest BCUT2D eigenvalue weighted by molar-refractivity contribution is 6.24. The lowest BCUT2D eigenvalue weighted by Crippen LogP contribution is -2.37. The second kappa shape index (κ2) is 9.84. The summed E-state index contributed by atoms with van der Waals surface area (Å²) in [5.74, 6) is 4.56. The predicted molar refractivity (Wildman–Crippen MR) is 188 cm³/mol. The average Bonchev–Trinajstić information content (AvgIpc) is 3.37. The SMILES string of the molecule is c1ccc(N(c2ccc(C3C4CCC5CC(C4)[C@H]53)cc2)c2cc3c(c4ccccc24)c2ccccc2n3-c2ccccc2)cc1. The molecule has 3 saturated carbocycles. The number of hydrogen-bond acceptors (Lipinski definition) is 1. The molecular formula is C43H36N2.